The Balaban J connectivity index is 2.17. The van der Waals surface area contributed by atoms with Crippen LogP contribution >= 0.6 is 15.9 Å². The van der Waals surface area contributed by atoms with Crippen LogP contribution in [0.15, 0.2) is 40.9 Å². The normalized spacial score (nSPS) is 11.2. The molecule has 0 aliphatic heterocycles. The lowest BCUT2D eigenvalue weighted by atomic mass is 10.0. The van der Waals surface area contributed by atoms with Gasteiger partial charge in [0, 0.05) is 11.0 Å². The van der Waals surface area contributed by atoms with Gasteiger partial charge in [-0.1, -0.05) is 34.1 Å². The highest BCUT2D eigenvalue weighted by molar-refractivity contribution is 9.10. The molecule has 1 heterocycles. The Morgan fingerprint density at radius 1 is 1.14 bits per heavy atom. The van der Waals surface area contributed by atoms with Gasteiger partial charge in [0.15, 0.2) is 0 Å². The average molecular weight is 345 g/mol. The monoisotopic (exact) mass is 344 g/mol. The van der Waals surface area contributed by atoms with Gasteiger partial charge in [-0.3, -0.25) is 0 Å². The third-order valence-electron chi connectivity index (χ3n) is 3.89. The Kier molecular flexibility index (Phi) is 3.83. The van der Waals surface area contributed by atoms with Crippen molar-refractivity contribution >= 4 is 27.0 Å². The molecule has 0 saturated carbocycles. The quantitative estimate of drug-likeness (QED) is 0.780. The first-order valence-corrected chi connectivity index (χ1v) is 7.70. The fourth-order valence-corrected chi connectivity index (χ4v) is 3.05. The minimum absolute atomic E-state index is 0.0583. The van der Waals surface area contributed by atoms with Crippen molar-refractivity contribution in [1.29, 1.82) is 0 Å². The molecule has 1 aromatic heterocycles. The summed E-state index contributed by atoms with van der Waals surface area (Å²) in [6.45, 7) is 4.91. The topological polar surface area (TPSA) is 38.0 Å². The maximum atomic E-state index is 9.61. The second kappa shape index (κ2) is 5.62. The number of aliphatic hydroxyl groups is 1. The highest BCUT2D eigenvalue weighted by Gasteiger charge is 2.12. The molecule has 4 heteroatoms. The van der Waals surface area contributed by atoms with Crippen molar-refractivity contribution in [1.82, 2.24) is 9.55 Å². The Morgan fingerprint density at radius 2 is 1.86 bits per heavy atom. The number of fused-ring (bicyclic) bond motifs is 1. The van der Waals surface area contributed by atoms with Crippen LogP contribution in [0.2, 0.25) is 0 Å². The smallest absolute Gasteiger partial charge is 0.136 e. The number of hydrogen-bond acceptors (Lipinski definition) is 2. The van der Waals surface area contributed by atoms with Crippen LogP contribution in [0, 0.1) is 13.8 Å². The summed E-state index contributed by atoms with van der Waals surface area (Å²) in [6.07, 6.45) is 0. The van der Waals surface area contributed by atoms with Crippen molar-refractivity contribution in [2.24, 2.45) is 0 Å². The van der Waals surface area contributed by atoms with E-state index >= 15 is 0 Å². The molecule has 0 bridgehead atoms. The molecule has 0 aliphatic rings. The van der Waals surface area contributed by atoms with Crippen LogP contribution in [0.4, 0.5) is 0 Å². The average Bonchev–Trinajstić information content (AvgIpc) is 2.80. The van der Waals surface area contributed by atoms with E-state index in [1.54, 1.807) is 0 Å². The van der Waals surface area contributed by atoms with Gasteiger partial charge in [0.2, 0.25) is 0 Å². The minimum Gasteiger partial charge on any atom is -0.388 e. The van der Waals surface area contributed by atoms with Crippen molar-refractivity contribution in [3.05, 3.63) is 63.4 Å². The van der Waals surface area contributed by atoms with E-state index < -0.39 is 0 Å². The van der Waals surface area contributed by atoms with Crippen molar-refractivity contribution in [3.63, 3.8) is 0 Å². The van der Waals surface area contributed by atoms with E-state index in [1.165, 1.54) is 16.7 Å². The van der Waals surface area contributed by atoms with Gasteiger partial charge in [0.05, 0.1) is 11.0 Å². The molecule has 0 fully saturated rings. The lowest BCUT2D eigenvalue weighted by Gasteiger charge is -2.13. The van der Waals surface area contributed by atoms with Gasteiger partial charge in [-0.2, -0.15) is 0 Å². The number of halogens is 1. The van der Waals surface area contributed by atoms with Crippen LogP contribution in [0.1, 0.15) is 22.5 Å². The zero-order valence-electron chi connectivity index (χ0n) is 12.1. The fourth-order valence-electron chi connectivity index (χ4n) is 2.70. The predicted octanol–water partition coefficient (Wildman–Crippen LogP) is 3.96. The molecule has 2 aromatic carbocycles. The zero-order valence-corrected chi connectivity index (χ0v) is 13.7. The number of hydrogen-bond donors (Lipinski definition) is 1. The van der Waals surface area contributed by atoms with Crippen LogP contribution in [0.25, 0.3) is 11.0 Å². The number of aliphatic hydroxyl groups excluding tert-OH is 1. The Morgan fingerprint density at radius 3 is 2.52 bits per heavy atom. The number of benzene rings is 2. The molecule has 0 amide bonds. The summed E-state index contributed by atoms with van der Waals surface area (Å²) in [5, 5.41) is 9.61. The second-order valence-electron chi connectivity index (χ2n) is 5.28. The van der Waals surface area contributed by atoms with Crippen LogP contribution in [-0.4, -0.2) is 14.7 Å². The molecule has 3 aromatic rings. The SMILES string of the molecule is Cc1cccc(C)c1Cn1c(CO)nc2ccc(Br)cc21. The molecular weight excluding hydrogens is 328 g/mol. The standard InChI is InChI=1S/C17H17BrN2O/c1-11-4-3-5-12(2)14(11)9-20-16-8-13(18)6-7-15(16)19-17(20)10-21/h3-8,21H,9-10H2,1-2H3. The van der Waals surface area contributed by atoms with E-state index in [4.69, 9.17) is 0 Å². The van der Waals surface area contributed by atoms with E-state index in [-0.39, 0.29) is 6.61 Å². The summed E-state index contributed by atoms with van der Waals surface area (Å²) in [4.78, 5) is 4.52. The summed E-state index contributed by atoms with van der Waals surface area (Å²) in [5.74, 6) is 0.700. The van der Waals surface area contributed by atoms with Crippen molar-refractivity contribution < 1.29 is 5.11 Å². The summed E-state index contributed by atoms with van der Waals surface area (Å²) >= 11 is 3.51. The Hall–Kier alpha value is -1.65. The van der Waals surface area contributed by atoms with E-state index in [9.17, 15) is 5.11 Å². The highest BCUT2D eigenvalue weighted by Crippen LogP contribution is 2.24. The molecule has 0 unspecified atom stereocenters. The second-order valence-corrected chi connectivity index (χ2v) is 6.19. The molecule has 0 spiro atoms. The van der Waals surface area contributed by atoms with E-state index in [1.807, 2.05) is 12.1 Å². The van der Waals surface area contributed by atoms with Gasteiger partial charge < -0.3 is 9.67 Å². The first kappa shape index (κ1) is 14.3. The number of imidazole rings is 1. The first-order valence-electron chi connectivity index (χ1n) is 6.91. The van der Waals surface area contributed by atoms with Crippen LogP contribution in [0.3, 0.4) is 0 Å². The molecule has 108 valence electrons. The molecule has 3 rings (SSSR count). The van der Waals surface area contributed by atoms with Gasteiger partial charge in [0.1, 0.15) is 12.4 Å². The van der Waals surface area contributed by atoms with E-state index in [0.717, 1.165) is 22.1 Å². The number of aryl methyl sites for hydroxylation is 2. The van der Waals surface area contributed by atoms with Crippen LogP contribution in [-0.2, 0) is 13.2 Å². The largest absolute Gasteiger partial charge is 0.388 e. The van der Waals surface area contributed by atoms with E-state index in [2.05, 4.69) is 63.6 Å². The molecule has 0 saturated heterocycles. The lowest BCUT2D eigenvalue weighted by Crippen LogP contribution is -2.07. The van der Waals surface area contributed by atoms with Gasteiger partial charge in [-0.05, 0) is 48.7 Å². The van der Waals surface area contributed by atoms with Crippen LogP contribution < -0.4 is 0 Å². The molecule has 3 nitrogen and oxygen atoms in total. The lowest BCUT2D eigenvalue weighted by molar-refractivity contribution is 0.267. The van der Waals surface area contributed by atoms with E-state index in [0.29, 0.717) is 5.82 Å². The maximum absolute atomic E-state index is 9.61. The van der Waals surface area contributed by atoms with Gasteiger partial charge >= 0.3 is 0 Å². The van der Waals surface area contributed by atoms with Gasteiger partial charge in [0.25, 0.3) is 0 Å². The summed E-state index contributed by atoms with van der Waals surface area (Å²) in [5.41, 5.74) is 5.75. The number of nitrogens with zero attached hydrogens (tertiary/aromatic N) is 2. The minimum atomic E-state index is -0.0583. The van der Waals surface area contributed by atoms with Crippen LogP contribution in [0.5, 0.6) is 0 Å². The highest BCUT2D eigenvalue weighted by atomic mass is 79.9. The van der Waals surface area contributed by atoms with Gasteiger partial charge in [-0.25, -0.2) is 4.98 Å². The number of aromatic nitrogens is 2. The summed E-state index contributed by atoms with van der Waals surface area (Å²) in [7, 11) is 0. The molecular formula is C17H17BrN2O. The van der Waals surface area contributed by atoms with Crippen molar-refractivity contribution in [3.8, 4) is 0 Å². The fraction of sp³-hybridized carbons (Fsp3) is 0.235. The van der Waals surface area contributed by atoms with Gasteiger partial charge in [-0.15, -0.1) is 0 Å². The molecule has 1 N–H and O–H groups in total. The van der Waals surface area contributed by atoms with Crippen molar-refractivity contribution in [2.45, 2.75) is 27.0 Å². The predicted molar refractivity (Wildman–Crippen MR) is 88.4 cm³/mol. The third kappa shape index (κ3) is 2.61. The molecule has 0 atom stereocenters. The zero-order chi connectivity index (χ0) is 15.0. The summed E-state index contributed by atoms with van der Waals surface area (Å²) in [6, 6.07) is 12.3. The Labute approximate surface area is 132 Å². The molecule has 21 heavy (non-hydrogen) atoms. The first-order chi connectivity index (χ1) is 10.1. The number of rotatable bonds is 3. The molecule has 0 radical (unpaired) electrons. The molecule has 0 aliphatic carbocycles. The Bertz CT molecular complexity index is 788. The third-order valence-corrected chi connectivity index (χ3v) is 4.38. The van der Waals surface area contributed by atoms with Crippen molar-refractivity contribution in [2.75, 3.05) is 0 Å². The maximum Gasteiger partial charge on any atom is 0.136 e. The summed E-state index contributed by atoms with van der Waals surface area (Å²) < 4.78 is 3.11.